The lowest BCUT2D eigenvalue weighted by Crippen LogP contribution is -2.62. The number of hydrogen-bond acceptors (Lipinski definition) is 6. The highest BCUT2D eigenvalue weighted by molar-refractivity contribution is 5.79. The molecular weight excluding hydrogens is 460 g/mol. The molecule has 0 saturated carbocycles. The number of fused-ring (bicyclic) bond motifs is 1. The van der Waals surface area contributed by atoms with Crippen LogP contribution in [0.15, 0.2) is 42.7 Å². The topological polar surface area (TPSA) is 93.2 Å². The van der Waals surface area contributed by atoms with E-state index in [4.69, 9.17) is 14.2 Å². The van der Waals surface area contributed by atoms with Crippen molar-refractivity contribution < 1.29 is 23.8 Å². The van der Waals surface area contributed by atoms with Gasteiger partial charge >= 0.3 is 6.03 Å². The van der Waals surface area contributed by atoms with Crippen molar-refractivity contribution in [2.45, 2.75) is 37.3 Å². The number of benzene rings is 1. The molecule has 0 spiro atoms. The van der Waals surface area contributed by atoms with E-state index in [1.165, 1.54) is 0 Å². The van der Waals surface area contributed by atoms with Crippen LogP contribution in [-0.4, -0.2) is 85.9 Å². The second-order valence-corrected chi connectivity index (χ2v) is 9.74. The molecule has 9 heteroatoms. The van der Waals surface area contributed by atoms with Crippen molar-refractivity contribution in [1.82, 2.24) is 20.1 Å². The number of urea groups is 1. The molecule has 192 valence electrons. The summed E-state index contributed by atoms with van der Waals surface area (Å²) in [5.41, 5.74) is 2.31. The number of amides is 3. The van der Waals surface area contributed by atoms with Crippen LogP contribution in [0.3, 0.4) is 0 Å². The van der Waals surface area contributed by atoms with E-state index in [2.05, 4.69) is 28.5 Å². The SMILES string of the molecule is COc1ccc(C(c2cccnc2)C2CCN(C(=O)N3CC[C@@H]4OCC(=O)N[C@@H]4C3)CC2)cc1OC. The van der Waals surface area contributed by atoms with Crippen molar-refractivity contribution >= 4 is 11.9 Å². The Balaban J connectivity index is 1.28. The van der Waals surface area contributed by atoms with E-state index in [0.717, 1.165) is 30.4 Å². The van der Waals surface area contributed by atoms with Gasteiger partial charge in [-0.2, -0.15) is 0 Å². The zero-order chi connectivity index (χ0) is 25.1. The van der Waals surface area contributed by atoms with Crippen molar-refractivity contribution in [1.29, 1.82) is 0 Å². The monoisotopic (exact) mass is 494 g/mol. The van der Waals surface area contributed by atoms with Gasteiger partial charge in [-0.1, -0.05) is 12.1 Å². The van der Waals surface area contributed by atoms with Crippen LogP contribution < -0.4 is 14.8 Å². The average Bonchev–Trinajstić information content (AvgIpc) is 2.93. The Kier molecular flexibility index (Phi) is 7.27. The molecule has 0 aliphatic carbocycles. The summed E-state index contributed by atoms with van der Waals surface area (Å²) in [6.07, 6.45) is 6.25. The number of aromatic nitrogens is 1. The molecule has 0 radical (unpaired) electrons. The zero-order valence-electron chi connectivity index (χ0n) is 20.9. The Bertz CT molecular complexity index is 1070. The molecule has 1 aromatic carbocycles. The Morgan fingerprint density at radius 1 is 1.06 bits per heavy atom. The minimum absolute atomic E-state index is 0.000727. The maximum absolute atomic E-state index is 13.3. The van der Waals surface area contributed by atoms with E-state index in [1.54, 1.807) is 20.4 Å². The van der Waals surface area contributed by atoms with Gasteiger partial charge in [0.05, 0.1) is 26.4 Å². The van der Waals surface area contributed by atoms with E-state index in [-0.39, 0.29) is 36.6 Å². The smallest absolute Gasteiger partial charge is 0.320 e. The fourth-order valence-corrected chi connectivity index (χ4v) is 5.84. The molecule has 3 atom stereocenters. The number of morpholine rings is 1. The molecule has 0 bridgehead atoms. The van der Waals surface area contributed by atoms with Gasteiger partial charge in [0, 0.05) is 44.5 Å². The van der Waals surface area contributed by atoms with Crippen LogP contribution in [0.5, 0.6) is 11.5 Å². The minimum Gasteiger partial charge on any atom is -0.493 e. The molecule has 36 heavy (non-hydrogen) atoms. The van der Waals surface area contributed by atoms with Crippen LogP contribution >= 0.6 is 0 Å². The first-order valence-corrected chi connectivity index (χ1v) is 12.6. The third kappa shape index (κ3) is 4.97. The summed E-state index contributed by atoms with van der Waals surface area (Å²) in [4.78, 5) is 33.3. The van der Waals surface area contributed by atoms with Crippen LogP contribution in [0, 0.1) is 5.92 Å². The Morgan fingerprint density at radius 2 is 1.83 bits per heavy atom. The maximum Gasteiger partial charge on any atom is 0.320 e. The summed E-state index contributed by atoms with van der Waals surface area (Å²) in [5.74, 6) is 1.80. The number of pyridine rings is 1. The van der Waals surface area contributed by atoms with Crippen LogP contribution in [0.2, 0.25) is 0 Å². The van der Waals surface area contributed by atoms with E-state index >= 15 is 0 Å². The molecule has 3 amide bonds. The van der Waals surface area contributed by atoms with E-state index in [0.29, 0.717) is 43.6 Å². The number of methoxy groups -OCH3 is 2. The first kappa shape index (κ1) is 24.4. The number of carbonyl (C=O) groups is 2. The molecule has 3 fully saturated rings. The van der Waals surface area contributed by atoms with Gasteiger partial charge in [0.15, 0.2) is 11.5 Å². The summed E-state index contributed by atoms with van der Waals surface area (Å²) in [6.45, 7) is 2.65. The van der Waals surface area contributed by atoms with Gasteiger partial charge in [0.25, 0.3) is 0 Å². The number of hydrogen-bond donors (Lipinski definition) is 1. The second kappa shape index (κ2) is 10.7. The molecule has 1 unspecified atom stereocenters. The summed E-state index contributed by atoms with van der Waals surface area (Å²) < 4.78 is 16.7. The average molecular weight is 495 g/mol. The largest absolute Gasteiger partial charge is 0.493 e. The second-order valence-electron chi connectivity index (χ2n) is 9.74. The van der Waals surface area contributed by atoms with Crippen LogP contribution in [0.25, 0.3) is 0 Å². The lowest BCUT2D eigenvalue weighted by molar-refractivity contribution is -0.139. The van der Waals surface area contributed by atoms with Crippen molar-refractivity contribution in [3.05, 3.63) is 53.9 Å². The van der Waals surface area contributed by atoms with E-state index in [9.17, 15) is 9.59 Å². The zero-order valence-corrected chi connectivity index (χ0v) is 20.9. The summed E-state index contributed by atoms with van der Waals surface area (Å²) in [7, 11) is 3.29. The highest BCUT2D eigenvalue weighted by Crippen LogP contribution is 2.41. The number of piperidine rings is 2. The summed E-state index contributed by atoms with van der Waals surface area (Å²) >= 11 is 0. The van der Waals surface area contributed by atoms with Crippen LogP contribution in [0.1, 0.15) is 36.3 Å². The van der Waals surface area contributed by atoms with Gasteiger partial charge in [-0.3, -0.25) is 9.78 Å². The number of likely N-dealkylation sites (tertiary alicyclic amines) is 2. The first-order valence-electron chi connectivity index (χ1n) is 12.6. The number of ether oxygens (including phenoxy) is 3. The first-order chi connectivity index (χ1) is 17.6. The van der Waals surface area contributed by atoms with Gasteiger partial charge < -0.3 is 29.3 Å². The lowest BCUT2D eigenvalue weighted by Gasteiger charge is -2.44. The van der Waals surface area contributed by atoms with Crippen LogP contribution in [0.4, 0.5) is 4.79 Å². The quantitative estimate of drug-likeness (QED) is 0.687. The van der Waals surface area contributed by atoms with Gasteiger partial charge in [-0.05, 0) is 54.5 Å². The van der Waals surface area contributed by atoms with Crippen molar-refractivity contribution in [2.75, 3.05) is 47.0 Å². The van der Waals surface area contributed by atoms with Gasteiger partial charge in [-0.25, -0.2) is 4.79 Å². The van der Waals surface area contributed by atoms with Gasteiger partial charge in [-0.15, -0.1) is 0 Å². The van der Waals surface area contributed by atoms with Crippen LogP contribution in [-0.2, 0) is 9.53 Å². The molecule has 5 rings (SSSR count). The number of rotatable bonds is 5. The van der Waals surface area contributed by atoms with E-state index < -0.39 is 0 Å². The molecule has 2 aromatic rings. The van der Waals surface area contributed by atoms with Crippen molar-refractivity contribution in [2.24, 2.45) is 5.92 Å². The summed E-state index contributed by atoms with van der Waals surface area (Å²) in [5, 5.41) is 2.98. The molecule has 1 aromatic heterocycles. The fourth-order valence-electron chi connectivity index (χ4n) is 5.84. The number of carbonyl (C=O) groups excluding carboxylic acids is 2. The Hall–Kier alpha value is -3.33. The molecule has 1 N–H and O–H groups in total. The third-order valence-corrected chi connectivity index (χ3v) is 7.69. The Morgan fingerprint density at radius 3 is 2.56 bits per heavy atom. The summed E-state index contributed by atoms with van der Waals surface area (Å²) in [6, 6.07) is 10.1. The van der Waals surface area contributed by atoms with Crippen molar-refractivity contribution in [3.8, 4) is 11.5 Å². The molecule has 3 saturated heterocycles. The van der Waals surface area contributed by atoms with Gasteiger partial charge in [0.2, 0.25) is 5.91 Å². The standard InChI is InChI=1S/C27H34N4O5/c1-34-23-6-5-19(14-24(23)35-2)26(20-4-3-10-28-15-20)18-7-11-30(12-8-18)27(33)31-13-9-22-21(16-31)29-25(32)17-36-22/h3-6,10,14-15,18,21-22,26H,7-9,11-13,16-17H2,1-2H3,(H,29,32)/t21-,22+,26?/m1/s1. The predicted octanol–water partition coefficient (Wildman–Crippen LogP) is 2.65. The number of nitrogens with zero attached hydrogens (tertiary/aromatic N) is 3. The van der Waals surface area contributed by atoms with Crippen molar-refractivity contribution in [3.63, 3.8) is 0 Å². The highest BCUT2D eigenvalue weighted by atomic mass is 16.5. The molecule has 9 nitrogen and oxygen atoms in total. The Labute approximate surface area is 211 Å². The van der Waals surface area contributed by atoms with Gasteiger partial charge in [0.1, 0.15) is 6.61 Å². The molecule has 3 aliphatic rings. The normalized spacial score (nSPS) is 23.4. The maximum atomic E-state index is 13.3. The highest BCUT2D eigenvalue weighted by Gasteiger charge is 2.38. The molecule has 3 aliphatic heterocycles. The molecule has 4 heterocycles. The van der Waals surface area contributed by atoms with E-state index in [1.807, 2.05) is 28.1 Å². The minimum atomic E-state index is -0.124. The molecular formula is C27H34N4O5. The lowest BCUT2D eigenvalue weighted by atomic mass is 9.76. The predicted molar refractivity (Wildman–Crippen MR) is 133 cm³/mol. The third-order valence-electron chi connectivity index (χ3n) is 7.69. The number of nitrogens with one attached hydrogen (secondary N) is 1. The fraction of sp³-hybridized carbons (Fsp3) is 0.519.